The van der Waals surface area contributed by atoms with Crippen molar-refractivity contribution in [3.63, 3.8) is 0 Å². The minimum absolute atomic E-state index is 0.0982. The number of aromatic nitrogens is 1. The molecule has 0 spiro atoms. The summed E-state index contributed by atoms with van der Waals surface area (Å²) in [6.07, 6.45) is 6.44. The molecule has 2 aromatic heterocycles. The number of carbonyl (C=O) groups is 2. The van der Waals surface area contributed by atoms with E-state index in [0.29, 0.717) is 21.2 Å². The van der Waals surface area contributed by atoms with Crippen LogP contribution >= 0.6 is 22.7 Å². The van der Waals surface area contributed by atoms with E-state index in [4.69, 9.17) is 0 Å². The number of hydrogen-bond acceptors (Lipinski definition) is 6. The molecule has 37 heavy (non-hydrogen) atoms. The summed E-state index contributed by atoms with van der Waals surface area (Å²) in [6, 6.07) is 4.31. The Balaban J connectivity index is 1.48. The van der Waals surface area contributed by atoms with Crippen molar-refractivity contribution in [3.05, 3.63) is 62.4 Å². The Bertz CT molecular complexity index is 1320. The molecule has 1 N–H and O–H groups in total. The Kier molecular flexibility index (Phi) is 7.65. The number of nitrogens with one attached hydrogen (secondary N) is 1. The van der Waals surface area contributed by atoms with Crippen molar-refractivity contribution >= 4 is 46.1 Å². The van der Waals surface area contributed by atoms with Crippen molar-refractivity contribution in [2.24, 2.45) is 11.8 Å². The second-order valence-corrected chi connectivity index (χ2v) is 11.9. The molecule has 3 heterocycles. The van der Waals surface area contributed by atoms with Gasteiger partial charge in [0, 0.05) is 23.3 Å². The first-order chi connectivity index (χ1) is 17.8. The van der Waals surface area contributed by atoms with Gasteiger partial charge in [0.15, 0.2) is 6.29 Å². The first kappa shape index (κ1) is 25.9. The van der Waals surface area contributed by atoms with Gasteiger partial charge in [0.2, 0.25) is 0 Å². The zero-order valence-electron chi connectivity index (χ0n) is 20.9. The van der Waals surface area contributed by atoms with Gasteiger partial charge in [-0.1, -0.05) is 19.8 Å². The highest BCUT2D eigenvalue weighted by molar-refractivity contribution is 7.17. The maximum Gasteiger partial charge on any atom is 0.275 e. The fourth-order valence-corrected chi connectivity index (χ4v) is 6.95. The largest absolute Gasteiger partial charge is 0.316 e. The van der Waals surface area contributed by atoms with Crippen LogP contribution in [-0.2, 0) is 0 Å². The van der Waals surface area contributed by atoms with Gasteiger partial charge in [-0.3, -0.25) is 9.59 Å². The molecule has 1 aromatic carbocycles. The van der Waals surface area contributed by atoms with E-state index in [0.717, 1.165) is 50.1 Å². The summed E-state index contributed by atoms with van der Waals surface area (Å²) < 4.78 is 29.9. The number of likely N-dealkylation sites (N-methyl/N-ethyl adjacent to an activating group) is 1. The summed E-state index contributed by atoms with van der Waals surface area (Å²) in [5, 5.41) is 3.79. The van der Waals surface area contributed by atoms with Crippen molar-refractivity contribution in [3.8, 4) is 10.4 Å². The monoisotopic (exact) mass is 541 g/mol. The van der Waals surface area contributed by atoms with E-state index in [1.165, 1.54) is 69.7 Å². The minimum atomic E-state index is -0.878. The van der Waals surface area contributed by atoms with Crippen LogP contribution in [0.4, 0.5) is 14.5 Å². The van der Waals surface area contributed by atoms with Crippen molar-refractivity contribution < 1.29 is 18.4 Å². The summed E-state index contributed by atoms with van der Waals surface area (Å²) in [5.74, 6) is -1.17. The van der Waals surface area contributed by atoms with Crippen molar-refractivity contribution in [2.45, 2.75) is 39.0 Å². The molecule has 1 aliphatic heterocycles. The molecule has 194 valence electrons. The highest BCUT2D eigenvalue weighted by Gasteiger charge is 2.29. The van der Waals surface area contributed by atoms with Gasteiger partial charge >= 0.3 is 0 Å². The molecule has 1 aliphatic carbocycles. The zero-order chi connectivity index (χ0) is 26.1. The summed E-state index contributed by atoms with van der Waals surface area (Å²) in [5.41, 5.74) is 4.91. The molecular weight excluding hydrogens is 512 g/mol. The maximum absolute atomic E-state index is 15.0. The van der Waals surface area contributed by atoms with Gasteiger partial charge < -0.3 is 10.2 Å². The van der Waals surface area contributed by atoms with Crippen molar-refractivity contribution in [2.75, 3.05) is 25.5 Å². The van der Waals surface area contributed by atoms with E-state index in [2.05, 4.69) is 29.2 Å². The average molecular weight is 542 g/mol. The number of hydrogen-bond donors (Lipinski definition) is 1. The predicted octanol–water partition coefficient (Wildman–Crippen LogP) is 7.13. The fourth-order valence-electron chi connectivity index (χ4n) is 5.43. The summed E-state index contributed by atoms with van der Waals surface area (Å²) in [4.78, 5) is 31.8. The third kappa shape index (κ3) is 5.44. The number of amides is 1. The molecule has 0 unspecified atom stereocenters. The lowest BCUT2D eigenvalue weighted by Crippen LogP contribution is -2.31. The van der Waals surface area contributed by atoms with Crippen LogP contribution in [0.5, 0.6) is 0 Å². The topological polar surface area (TPSA) is 62.3 Å². The van der Waals surface area contributed by atoms with E-state index >= 15 is 0 Å². The lowest BCUT2D eigenvalue weighted by atomic mass is 9.75. The van der Waals surface area contributed by atoms with Crippen LogP contribution in [0, 0.1) is 23.5 Å². The molecule has 5 rings (SSSR count). The number of halogens is 2. The normalized spacial score (nSPS) is 20.8. The molecular formula is C28H29F2N3O2S2. The van der Waals surface area contributed by atoms with Gasteiger partial charge in [0.25, 0.3) is 5.91 Å². The van der Waals surface area contributed by atoms with Crippen molar-refractivity contribution in [1.82, 2.24) is 9.88 Å². The molecule has 3 aromatic rings. The Labute approximate surface area is 223 Å². The number of thiazole rings is 1. The van der Waals surface area contributed by atoms with Crippen LogP contribution in [-0.4, -0.2) is 42.2 Å². The number of rotatable bonds is 6. The molecule has 1 amide bonds. The minimum Gasteiger partial charge on any atom is -0.316 e. The third-order valence-electron chi connectivity index (χ3n) is 7.50. The second-order valence-electron chi connectivity index (χ2n) is 10.1. The fraction of sp³-hybridized carbons (Fsp3) is 0.393. The summed E-state index contributed by atoms with van der Waals surface area (Å²) in [6.45, 7) is 4.10. The van der Waals surface area contributed by atoms with Gasteiger partial charge in [-0.2, -0.15) is 0 Å². The first-order valence-corrected chi connectivity index (χ1v) is 14.3. The average Bonchev–Trinajstić information content (AvgIpc) is 3.57. The zero-order valence-corrected chi connectivity index (χ0v) is 22.5. The van der Waals surface area contributed by atoms with Crippen LogP contribution in [0.15, 0.2) is 34.7 Å². The highest BCUT2D eigenvalue weighted by Crippen LogP contribution is 2.43. The lowest BCUT2D eigenvalue weighted by molar-refractivity contribution is 0.102. The standard InChI is InChI=1S/C28H29F2N3O2S2/c1-16-3-5-17(6-4-16)21-12-33(2)8-7-19(21)20-11-25(37-26(20)13-34)18-9-22(29)27(23(30)10-18)32-28(35)24-14-36-15-31-24/h9-11,13-17H,3-8,12H2,1-2H3,(H,32,35). The highest BCUT2D eigenvalue weighted by atomic mass is 32.1. The Morgan fingerprint density at radius 1 is 1.16 bits per heavy atom. The molecule has 9 heteroatoms. The smallest absolute Gasteiger partial charge is 0.275 e. The maximum atomic E-state index is 15.0. The molecule has 1 fully saturated rings. The number of aldehydes is 1. The van der Waals surface area contributed by atoms with E-state index in [1.54, 1.807) is 0 Å². The number of carbonyl (C=O) groups excluding carboxylic acids is 2. The quantitative estimate of drug-likeness (QED) is 0.337. The van der Waals surface area contributed by atoms with E-state index < -0.39 is 23.2 Å². The lowest BCUT2D eigenvalue weighted by Gasteiger charge is -2.35. The van der Waals surface area contributed by atoms with Crippen LogP contribution in [0.2, 0.25) is 0 Å². The molecule has 0 bridgehead atoms. The van der Waals surface area contributed by atoms with Gasteiger partial charge in [0.1, 0.15) is 23.0 Å². The number of nitrogens with zero attached hydrogens (tertiary/aromatic N) is 2. The summed E-state index contributed by atoms with van der Waals surface area (Å²) >= 11 is 2.47. The van der Waals surface area contributed by atoms with Gasteiger partial charge in [0.05, 0.1) is 10.4 Å². The molecule has 5 nitrogen and oxygen atoms in total. The van der Waals surface area contributed by atoms with Crippen LogP contribution in [0.1, 0.15) is 64.8 Å². The molecule has 1 saturated carbocycles. The third-order valence-corrected chi connectivity index (χ3v) is 9.20. The van der Waals surface area contributed by atoms with Crippen LogP contribution in [0.3, 0.4) is 0 Å². The number of anilines is 1. The molecule has 0 atom stereocenters. The Morgan fingerprint density at radius 3 is 2.54 bits per heavy atom. The van der Waals surface area contributed by atoms with E-state index in [1.807, 2.05) is 6.07 Å². The predicted molar refractivity (Wildman–Crippen MR) is 145 cm³/mol. The SMILES string of the molecule is CC1CCC(C2=C(c3cc(-c4cc(F)c(NC(=O)c5cscn5)c(F)c4)sc3C=O)CCN(C)C2)CC1. The van der Waals surface area contributed by atoms with Crippen molar-refractivity contribution in [1.29, 1.82) is 0 Å². The molecule has 2 aliphatic rings. The van der Waals surface area contributed by atoms with Gasteiger partial charge in [-0.25, -0.2) is 13.8 Å². The Hall–Kier alpha value is -2.75. The Morgan fingerprint density at radius 2 is 1.89 bits per heavy atom. The molecule has 0 saturated heterocycles. The van der Waals surface area contributed by atoms with Crippen LogP contribution < -0.4 is 5.32 Å². The summed E-state index contributed by atoms with van der Waals surface area (Å²) in [7, 11) is 2.13. The van der Waals surface area contributed by atoms with Crippen LogP contribution in [0.25, 0.3) is 16.0 Å². The molecule has 0 radical (unpaired) electrons. The van der Waals surface area contributed by atoms with E-state index in [-0.39, 0.29) is 5.69 Å². The van der Waals surface area contributed by atoms with Gasteiger partial charge in [-0.05, 0) is 78.6 Å². The number of thiophene rings is 1. The van der Waals surface area contributed by atoms with Gasteiger partial charge in [-0.15, -0.1) is 22.7 Å². The first-order valence-electron chi connectivity index (χ1n) is 12.5. The van der Waals surface area contributed by atoms with E-state index in [9.17, 15) is 18.4 Å². The second kappa shape index (κ2) is 10.9. The number of benzene rings is 1.